The first-order chi connectivity index (χ1) is 34.6. The van der Waals surface area contributed by atoms with E-state index in [0.29, 0.717) is 64.4 Å². The Balaban J connectivity index is 0.000000455. The number of carboxylic acids is 1. The topological polar surface area (TPSA) is 245 Å². The summed E-state index contributed by atoms with van der Waals surface area (Å²) in [5, 5.41) is 65.0. The number of aliphatic hydroxyl groups is 5. The first kappa shape index (κ1) is 68.1. The van der Waals surface area contributed by atoms with E-state index in [1.54, 1.807) is 19.1 Å². The summed E-state index contributed by atoms with van der Waals surface area (Å²) in [7, 11) is 4.01. The van der Waals surface area contributed by atoms with Gasteiger partial charge in [-0.3, -0.25) is 4.79 Å². The van der Waals surface area contributed by atoms with Crippen molar-refractivity contribution in [3.8, 4) is 0 Å². The Morgan fingerprint density at radius 2 is 1.53 bits per heavy atom. The first-order valence-corrected chi connectivity index (χ1v) is 28.1. The van der Waals surface area contributed by atoms with E-state index in [-0.39, 0.29) is 90.4 Å². The van der Waals surface area contributed by atoms with Gasteiger partial charge in [0.25, 0.3) is 0 Å². The molecule has 0 bridgehead atoms. The molecule has 7 heterocycles. The summed E-state index contributed by atoms with van der Waals surface area (Å²) in [5.74, 6) is -6.96. The molecule has 6 fully saturated rings. The fourth-order valence-electron chi connectivity index (χ4n) is 13.2. The molecule has 7 rings (SSSR count). The van der Waals surface area contributed by atoms with Crippen LogP contribution >= 0.6 is 12.4 Å². The third kappa shape index (κ3) is 14.7. The molecule has 0 aromatic rings. The van der Waals surface area contributed by atoms with Crippen molar-refractivity contribution in [3.05, 3.63) is 12.2 Å². The van der Waals surface area contributed by atoms with Crippen molar-refractivity contribution in [1.29, 1.82) is 0 Å². The second-order valence-corrected chi connectivity index (χ2v) is 24.2. The fourth-order valence-corrected chi connectivity index (χ4v) is 13.2. The van der Waals surface area contributed by atoms with Crippen LogP contribution in [0.25, 0.3) is 0 Å². The largest absolute Gasteiger partial charge is 1.00 e. The van der Waals surface area contributed by atoms with Gasteiger partial charge in [0.15, 0.2) is 17.9 Å². The summed E-state index contributed by atoms with van der Waals surface area (Å²) in [4.78, 5) is 28.3. The first-order valence-electron chi connectivity index (χ1n) is 28.1. The Bertz CT molecular complexity index is 1890. The number of carbonyl (C=O) groups excluding carboxylic acids is 2. The van der Waals surface area contributed by atoms with Gasteiger partial charge in [-0.1, -0.05) is 55.4 Å². The summed E-state index contributed by atoms with van der Waals surface area (Å²) >= 11 is 0. The van der Waals surface area contributed by atoms with Crippen LogP contribution in [0.3, 0.4) is 0 Å². The Morgan fingerprint density at radius 3 is 2.12 bits per heavy atom. The third-order valence-corrected chi connectivity index (χ3v) is 18.1. The average molecular weight is 1110 g/mol. The minimum atomic E-state index is -1.37. The van der Waals surface area contributed by atoms with Crippen LogP contribution in [0.5, 0.6) is 0 Å². The van der Waals surface area contributed by atoms with E-state index in [0.717, 1.165) is 19.4 Å². The number of hydrogen-bond acceptors (Lipinski definition) is 18. The quantitative estimate of drug-likeness (QED) is 0.0704. The van der Waals surface area contributed by atoms with Crippen molar-refractivity contribution in [3.63, 3.8) is 0 Å². The fraction of sp³-hybridized carbons (Fsp3) is 0.929. The molecule has 23 unspecified atom stereocenters. The summed E-state index contributed by atoms with van der Waals surface area (Å²) in [5.41, 5.74) is -1.64. The third-order valence-electron chi connectivity index (χ3n) is 18.1. The summed E-state index contributed by atoms with van der Waals surface area (Å²) in [6.07, 6.45) is 3.05. The van der Waals surface area contributed by atoms with Crippen LogP contribution in [-0.4, -0.2) is 178 Å². The van der Waals surface area contributed by atoms with E-state index in [4.69, 9.17) is 47.7 Å². The van der Waals surface area contributed by atoms with Crippen LogP contribution < -0.4 is 34.7 Å². The van der Waals surface area contributed by atoms with E-state index < -0.39 is 113 Å². The predicted molar refractivity (Wildman–Crippen MR) is 278 cm³/mol. The van der Waals surface area contributed by atoms with Gasteiger partial charge in [-0.05, 0) is 137 Å². The molecule has 0 saturated carbocycles. The zero-order valence-corrected chi connectivity index (χ0v) is 51.3. The zero-order chi connectivity index (χ0) is 54.9. The minimum absolute atomic E-state index is 0. The van der Waals surface area contributed by atoms with Crippen molar-refractivity contribution in [2.75, 3.05) is 33.9 Å². The second-order valence-electron chi connectivity index (χ2n) is 24.2. The summed E-state index contributed by atoms with van der Waals surface area (Å²) < 4.78 is 56.4. The second kappa shape index (κ2) is 27.8. The van der Waals surface area contributed by atoms with Gasteiger partial charge in [0.1, 0.15) is 36.3 Å². The van der Waals surface area contributed by atoms with Gasteiger partial charge in [0.05, 0.1) is 54.4 Å². The van der Waals surface area contributed by atoms with E-state index in [2.05, 4.69) is 25.7 Å². The van der Waals surface area contributed by atoms with E-state index in [9.17, 15) is 35.1 Å². The minimum Gasteiger partial charge on any atom is -0.550 e. The number of rotatable bonds is 19. The normalized spacial score (nSPS) is 42.2. The van der Waals surface area contributed by atoms with Crippen LogP contribution in [0.15, 0.2) is 12.2 Å². The Morgan fingerprint density at radius 1 is 0.855 bits per heavy atom. The smallest absolute Gasteiger partial charge is 0.550 e. The van der Waals surface area contributed by atoms with Crippen LogP contribution in [0.1, 0.15) is 154 Å². The molecular formula is C56H97ClNNaO17. The number of Topliss-reactive ketones (excluding diaryl/α,β-unsaturated/α-hetero) is 1. The SMILES string of the molecule is CCC(C(=O)[O-])C1CCC(C)C(C(C)C(O)C(C)C(=O)C(CC)C2OC3(C=CC(O)C4(CCC(C)(C5CCC(O)(CC)C(C)O5)O4)O3)C(C)CC2C)O1.CN(C)CCCOC1C(C(O)CO)OC2OC(C)(C)OC21.Cl.[Na+]. The number of fused-ring (bicyclic) bond motifs is 1. The van der Waals surface area contributed by atoms with Crippen LogP contribution in [0.4, 0.5) is 0 Å². The van der Waals surface area contributed by atoms with Crippen LogP contribution in [0.2, 0.25) is 0 Å². The number of nitrogens with zero attached hydrogens (tertiary/aromatic N) is 1. The van der Waals surface area contributed by atoms with Gasteiger partial charge in [0, 0.05) is 48.6 Å². The van der Waals surface area contributed by atoms with Crippen molar-refractivity contribution >= 4 is 24.2 Å². The molecule has 0 radical (unpaired) electrons. The van der Waals surface area contributed by atoms with Gasteiger partial charge < -0.3 is 83.0 Å². The van der Waals surface area contributed by atoms with E-state index in [1.165, 1.54) is 0 Å². The summed E-state index contributed by atoms with van der Waals surface area (Å²) in [6, 6.07) is 0. The Kier molecular flexibility index (Phi) is 24.9. The average Bonchev–Trinajstić information content (AvgIpc) is 3.98. The Labute approximate surface area is 482 Å². The van der Waals surface area contributed by atoms with Gasteiger partial charge >= 0.3 is 29.6 Å². The molecule has 5 N–H and O–H groups in total. The molecule has 0 aromatic carbocycles. The van der Waals surface area contributed by atoms with Gasteiger partial charge in [-0.2, -0.15) is 0 Å². The Hall–Kier alpha value is -0.430. The zero-order valence-electron chi connectivity index (χ0n) is 48.5. The van der Waals surface area contributed by atoms with E-state index >= 15 is 0 Å². The number of aliphatic carboxylic acids is 1. The molecule has 436 valence electrons. The van der Waals surface area contributed by atoms with Gasteiger partial charge in [-0.15, -0.1) is 12.4 Å². The number of halogens is 1. The van der Waals surface area contributed by atoms with Crippen LogP contribution in [0, 0.1) is 41.4 Å². The number of ketones is 1. The van der Waals surface area contributed by atoms with Gasteiger partial charge in [-0.25, -0.2) is 0 Å². The van der Waals surface area contributed by atoms with Crippen LogP contribution in [-0.2, 0) is 52.2 Å². The number of carbonyl (C=O) groups is 2. The molecule has 0 aliphatic carbocycles. The van der Waals surface area contributed by atoms with Crippen molar-refractivity contribution in [1.82, 2.24) is 4.90 Å². The number of carboxylic acid groups (broad SMARTS) is 1. The summed E-state index contributed by atoms with van der Waals surface area (Å²) in [6.45, 7) is 24.2. The maximum atomic E-state index is 14.4. The number of hydrogen-bond donors (Lipinski definition) is 5. The molecule has 7 aliphatic rings. The molecule has 6 saturated heterocycles. The number of ether oxygens (including phenoxy) is 9. The molecule has 7 aliphatic heterocycles. The molecule has 18 nitrogen and oxygen atoms in total. The molecular weight excluding hydrogens is 1020 g/mol. The number of aliphatic hydroxyl groups excluding tert-OH is 4. The predicted octanol–water partition coefficient (Wildman–Crippen LogP) is 1.83. The standard InChI is InChI=1S/C42H70O11.C14H27NO6.ClH.Na/c1-11-29(38(46)47)31-15-14-23(4)36(50-31)27(8)34(44)26(7)35(45)30(12-2)37-24(5)22-25(6)41(51-37)19-16-32(43)42(53-41)21-20-39(10,52-42)33-17-18-40(48,13-3)28(9)49-33;1-14(2)20-12-11(18-7-5-6-15(3)4)10(9(17)8-16)19-13(12)21-14;;/h16,19,23-34,36-37,43-44,48H,11-15,17-18,20-22H2,1-10H3,(H,46,47);9-13,16-17H,5-8H2,1-4H3;1H;/q;;;+1/p-1. The maximum absolute atomic E-state index is 14.4. The van der Waals surface area contributed by atoms with Crippen molar-refractivity contribution in [2.45, 2.75) is 256 Å². The molecule has 0 amide bonds. The molecule has 0 aromatic heterocycles. The monoisotopic (exact) mass is 1110 g/mol. The maximum Gasteiger partial charge on any atom is 1.00 e. The molecule has 2 spiro atoms. The molecule has 76 heavy (non-hydrogen) atoms. The van der Waals surface area contributed by atoms with E-state index in [1.807, 2.05) is 69.5 Å². The molecule has 23 atom stereocenters. The van der Waals surface area contributed by atoms with Crippen molar-refractivity contribution < 1.29 is 112 Å². The van der Waals surface area contributed by atoms with Gasteiger partial charge in [0.2, 0.25) is 5.79 Å². The van der Waals surface area contributed by atoms with Crippen molar-refractivity contribution in [2.24, 2.45) is 41.4 Å². The molecule has 20 heteroatoms.